The molecule has 0 bridgehead atoms. The first-order valence-corrected chi connectivity index (χ1v) is 7.41. The van der Waals surface area contributed by atoms with Gasteiger partial charge >= 0.3 is 0 Å². The lowest BCUT2D eigenvalue weighted by molar-refractivity contribution is 0.278. The molecular formula is C17H25N. The number of pyridine rings is 1. The molecule has 2 aliphatic carbocycles. The minimum absolute atomic E-state index is 0.233. The van der Waals surface area contributed by atoms with Crippen molar-refractivity contribution >= 4 is 0 Å². The Balaban J connectivity index is 2.19. The van der Waals surface area contributed by atoms with Gasteiger partial charge in [0.2, 0.25) is 0 Å². The Morgan fingerprint density at radius 1 is 1.22 bits per heavy atom. The molecule has 1 aromatic heterocycles. The fourth-order valence-electron chi connectivity index (χ4n) is 3.77. The van der Waals surface area contributed by atoms with Crippen molar-refractivity contribution in [2.75, 3.05) is 0 Å². The van der Waals surface area contributed by atoms with Crippen LogP contribution < -0.4 is 0 Å². The molecule has 98 valence electrons. The van der Waals surface area contributed by atoms with E-state index in [0.717, 1.165) is 11.8 Å². The summed E-state index contributed by atoms with van der Waals surface area (Å²) in [6, 6.07) is 0. The standard InChI is InChI=1S/C17H25N/c1-10(2)16-13-8-11-6-7-12(11)15(13)14(9-18-16)17(3,4)5/h9-12H,6-8H2,1-5H3. The van der Waals surface area contributed by atoms with Crippen molar-refractivity contribution in [3.05, 3.63) is 28.6 Å². The summed E-state index contributed by atoms with van der Waals surface area (Å²) in [5, 5.41) is 0. The van der Waals surface area contributed by atoms with Gasteiger partial charge in [-0.05, 0) is 59.1 Å². The molecule has 1 aromatic rings. The van der Waals surface area contributed by atoms with E-state index in [1.54, 1.807) is 11.1 Å². The molecule has 1 heteroatoms. The van der Waals surface area contributed by atoms with Gasteiger partial charge in [0.25, 0.3) is 0 Å². The highest BCUT2D eigenvalue weighted by Crippen LogP contribution is 2.54. The van der Waals surface area contributed by atoms with E-state index in [2.05, 4.69) is 40.8 Å². The Labute approximate surface area is 111 Å². The maximum atomic E-state index is 4.81. The molecule has 0 saturated heterocycles. The molecule has 18 heavy (non-hydrogen) atoms. The lowest BCUT2D eigenvalue weighted by Gasteiger charge is -2.34. The van der Waals surface area contributed by atoms with Crippen LogP contribution in [0.2, 0.25) is 0 Å². The Kier molecular flexibility index (Phi) is 2.59. The molecule has 2 unspecified atom stereocenters. The minimum atomic E-state index is 0.233. The summed E-state index contributed by atoms with van der Waals surface area (Å²) in [4.78, 5) is 4.81. The van der Waals surface area contributed by atoms with Crippen molar-refractivity contribution in [2.45, 2.75) is 71.1 Å². The fraction of sp³-hybridized carbons (Fsp3) is 0.706. The van der Waals surface area contributed by atoms with E-state index in [-0.39, 0.29) is 5.41 Å². The third-order valence-electron chi connectivity index (χ3n) is 4.87. The van der Waals surface area contributed by atoms with Gasteiger partial charge in [-0.3, -0.25) is 4.98 Å². The molecule has 1 nitrogen and oxygen atoms in total. The second-order valence-corrected chi connectivity index (χ2v) is 7.50. The van der Waals surface area contributed by atoms with Gasteiger partial charge < -0.3 is 0 Å². The zero-order valence-electron chi connectivity index (χ0n) is 12.4. The number of hydrogen-bond donors (Lipinski definition) is 0. The normalized spacial score (nSPS) is 25.9. The van der Waals surface area contributed by atoms with Gasteiger partial charge in [-0.25, -0.2) is 0 Å². The topological polar surface area (TPSA) is 12.9 Å². The summed E-state index contributed by atoms with van der Waals surface area (Å²) in [6.45, 7) is 11.5. The van der Waals surface area contributed by atoms with E-state index in [9.17, 15) is 0 Å². The number of nitrogens with zero attached hydrogens (tertiary/aromatic N) is 1. The summed E-state index contributed by atoms with van der Waals surface area (Å²) in [6.07, 6.45) is 6.31. The maximum Gasteiger partial charge on any atom is 0.0464 e. The highest BCUT2D eigenvalue weighted by atomic mass is 14.7. The van der Waals surface area contributed by atoms with E-state index >= 15 is 0 Å². The Morgan fingerprint density at radius 3 is 2.44 bits per heavy atom. The van der Waals surface area contributed by atoms with Gasteiger partial charge in [0.05, 0.1) is 0 Å². The van der Waals surface area contributed by atoms with Crippen molar-refractivity contribution in [1.29, 1.82) is 0 Å². The van der Waals surface area contributed by atoms with Crippen LogP contribution in [-0.2, 0) is 11.8 Å². The average Bonchev–Trinajstić information content (AvgIpc) is 2.47. The van der Waals surface area contributed by atoms with E-state index in [1.165, 1.54) is 30.5 Å². The first-order chi connectivity index (χ1) is 8.39. The van der Waals surface area contributed by atoms with Crippen molar-refractivity contribution in [1.82, 2.24) is 4.98 Å². The first kappa shape index (κ1) is 12.2. The van der Waals surface area contributed by atoms with Gasteiger partial charge in [0.1, 0.15) is 0 Å². The zero-order chi connectivity index (χ0) is 13.1. The molecule has 3 rings (SSSR count). The molecule has 2 atom stereocenters. The van der Waals surface area contributed by atoms with Gasteiger partial charge in [-0.15, -0.1) is 0 Å². The molecule has 0 aliphatic heterocycles. The minimum Gasteiger partial charge on any atom is -0.260 e. The largest absolute Gasteiger partial charge is 0.260 e. The summed E-state index contributed by atoms with van der Waals surface area (Å²) in [5.41, 5.74) is 6.42. The van der Waals surface area contributed by atoms with E-state index in [0.29, 0.717) is 5.92 Å². The van der Waals surface area contributed by atoms with Crippen LogP contribution in [-0.4, -0.2) is 4.98 Å². The Bertz CT molecular complexity index is 479. The second-order valence-electron chi connectivity index (χ2n) is 7.50. The molecule has 0 amide bonds. The predicted molar refractivity (Wildman–Crippen MR) is 76.2 cm³/mol. The third kappa shape index (κ3) is 1.63. The smallest absolute Gasteiger partial charge is 0.0464 e. The molecule has 0 spiro atoms. The van der Waals surface area contributed by atoms with Crippen molar-refractivity contribution in [2.24, 2.45) is 5.92 Å². The van der Waals surface area contributed by atoms with Gasteiger partial charge in [0, 0.05) is 11.9 Å². The quantitative estimate of drug-likeness (QED) is 0.705. The van der Waals surface area contributed by atoms with E-state index < -0.39 is 0 Å². The van der Waals surface area contributed by atoms with Crippen LogP contribution >= 0.6 is 0 Å². The van der Waals surface area contributed by atoms with Crippen LogP contribution in [0.3, 0.4) is 0 Å². The predicted octanol–water partition coefficient (Wildman–Crippen LogP) is 4.55. The number of aromatic nitrogens is 1. The van der Waals surface area contributed by atoms with E-state index in [1.807, 2.05) is 0 Å². The molecule has 0 radical (unpaired) electrons. The van der Waals surface area contributed by atoms with Crippen molar-refractivity contribution in [3.8, 4) is 0 Å². The molecular weight excluding hydrogens is 218 g/mol. The molecule has 0 aromatic carbocycles. The first-order valence-electron chi connectivity index (χ1n) is 7.41. The number of hydrogen-bond acceptors (Lipinski definition) is 1. The summed E-state index contributed by atoms with van der Waals surface area (Å²) in [5.74, 6) is 2.35. The second kappa shape index (κ2) is 3.82. The average molecular weight is 243 g/mol. The third-order valence-corrected chi connectivity index (χ3v) is 4.87. The lowest BCUT2D eigenvalue weighted by Crippen LogP contribution is -2.22. The maximum absolute atomic E-state index is 4.81. The van der Waals surface area contributed by atoms with Gasteiger partial charge in [-0.2, -0.15) is 0 Å². The van der Waals surface area contributed by atoms with Crippen molar-refractivity contribution in [3.63, 3.8) is 0 Å². The van der Waals surface area contributed by atoms with Gasteiger partial charge in [-0.1, -0.05) is 34.6 Å². The van der Waals surface area contributed by atoms with Crippen LogP contribution in [0.5, 0.6) is 0 Å². The van der Waals surface area contributed by atoms with Crippen LogP contribution in [0, 0.1) is 5.92 Å². The zero-order valence-corrected chi connectivity index (χ0v) is 12.4. The molecule has 1 fully saturated rings. The number of fused-ring (bicyclic) bond motifs is 3. The molecule has 2 aliphatic rings. The Hall–Kier alpha value is -0.850. The van der Waals surface area contributed by atoms with Crippen LogP contribution in [0.4, 0.5) is 0 Å². The SMILES string of the molecule is CC(C)c1ncc(C(C)(C)C)c2c1CC1CCC21. The summed E-state index contributed by atoms with van der Waals surface area (Å²) >= 11 is 0. The highest BCUT2D eigenvalue weighted by Gasteiger charge is 2.43. The summed E-state index contributed by atoms with van der Waals surface area (Å²) in [7, 11) is 0. The molecule has 0 N–H and O–H groups in total. The van der Waals surface area contributed by atoms with Crippen LogP contribution in [0.1, 0.15) is 81.7 Å². The highest BCUT2D eigenvalue weighted by molar-refractivity contribution is 5.48. The lowest BCUT2D eigenvalue weighted by atomic mass is 9.71. The molecule has 1 heterocycles. The number of rotatable bonds is 1. The van der Waals surface area contributed by atoms with Crippen molar-refractivity contribution < 1.29 is 0 Å². The summed E-state index contributed by atoms with van der Waals surface area (Å²) < 4.78 is 0. The van der Waals surface area contributed by atoms with Crippen LogP contribution in [0.15, 0.2) is 6.20 Å². The van der Waals surface area contributed by atoms with Gasteiger partial charge in [0.15, 0.2) is 0 Å². The monoisotopic (exact) mass is 243 g/mol. The fourth-order valence-corrected chi connectivity index (χ4v) is 3.77. The van der Waals surface area contributed by atoms with Crippen LogP contribution in [0.25, 0.3) is 0 Å². The Morgan fingerprint density at radius 2 is 1.94 bits per heavy atom. The molecule has 1 saturated carbocycles. The van der Waals surface area contributed by atoms with E-state index in [4.69, 9.17) is 4.98 Å².